The summed E-state index contributed by atoms with van der Waals surface area (Å²) in [5, 5.41) is 0.946. The molecule has 1 aliphatic rings. The lowest BCUT2D eigenvalue weighted by atomic mass is 9.91. The van der Waals surface area contributed by atoms with E-state index in [0.29, 0.717) is 11.6 Å². The van der Waals surface area contributed by atoms with E-state index in [-0.39, 0.29) is 11.9 Å². The van der Waals surface area contributed by atoms with Crippen LogP contribution in [0, 0.1) is 19.8 Å². The van der Waals surface area contributed by atoms with E-state index in [1.165, 1.54) is 12.0 Å². The molecule has 23 heavy (non-hydrogen) atoms. The molecule has 3 rings (SSSR count). The fraction of sp³-hybridized carbons (Fsp3) is 0.474. The molecule has 1 aliphatic heterocycles. The maximum Gasteiger partial charge on any atom is 0.274 e. The van der Waals surface area contributed by atoms with Crippen LogP contribution >= 0.6 is 11.3 Å². The Kier molecular flexibility index (Phi) is 4.53. The number of thiazole rings is 1. The summed E-state index contributed by atoms with van der Waals surface area (Å²) in [7, 11) is 0. The van der Waals surface area contributed by atoms with Crippen LogP contribution in [0.25, 0.3) is 10.4 Å². The SMILES string of the molecule is Cc1ccc(-c2sc(C)nc2C(=O)N2CCCC(C)C2C)cc1. The Hall–Kier alpha value is -1.68. The first-order valence-corrected chi connectivity index (χ1v) is 9.14. The van der Waals surface area contributed by atoms with Crippen LogP contribution in [0.4, 0.5) is 0 Å². The molecule has 4 heteroatoms. The molecule has 0 radical (unpaired) electrons. The Labute approximate surface area is 142 Å². The number of carbonyl (C=O) groups is 1. The van der Waals surface area contributed by atoms with Crippen LogP contribution in [0.15, 0.2) is 24.3 Å². The summed E-state index contributed by atoms with van der Waals surface area (Å²) in [5.74, 6) is 0.638. The molecule has 0 spiro atoms. The van der Waals surface area contributed by atoms with Gasteiger partial charge in [0.15, 0.2) is 0 Å². The molecule has 0 aliphatic carbocycles. The predicted octanol–water partition coefficient (Wildman–Crippen LogP) is 4.69. The number of hydrogen-bond donors (Lipinski definition) is 0. The first kappa shape index (κ1) is 16.2. The zero-order chi connectivity index (χ0) is 16.6. The lowest BCUT2D eigenvalue weighted by Crippen LogP contribution is -2.46. The van der Waals surface area contributed by atoms with Crippen LogP contribution in [0.2, 0.25) is 0 Å². The van der Waals surface area contributed by atoms with E-state index in [0.717, 1.165) is 28.4 Å². The minimum atomic E-state index is 0.0870. The van der Waals surface area contributed by atoms with Gasteiger partial charge >= 0.3 is 0 Å². The molecule has 0 bridgehead atoms. The standard InChI is InChI=1S/C19H24N2OS/c1-12-7-9-16(10-8-12)18-17(20-15(4)23-18)19(22)21-11-5-6-13(2)14(21)3/h7-10,13-14H,5-6,11H2,1-4H3. The molecule has 1 saturated heterocycles. The second-order valence-corrected chi connectivity index (χ2v) is 7.84. The van der Waals surface area contributed by atoms with Gasteiger partial charge in [0, 0.05) is 12.6 Å². The summed E-state index contributed by atoms with van der Waals surface area (Å²) in [6, 6.07) is 8.63. The lowest BCUT2D eigenvalue weighted by molar-refractivity contribution is 0.0546. The van der Waals surface area contributed by atoms with Crippen molar-refractivity contribution in [2.75, 3.05) is 6.54 Å². The number of aromatic nitrogens is 1. The maximum absolute atomic E-state index is 13.1. The van der Waals surface area contributed by atoms with Gasteiger partial charge in [-0.05, 0) is 45.1 Å². The third-order valence-corrected chi connectivity index (χ3v) is 5.90. The third kappa shape index (κ3) is 3.18. The van der Waals surface area contributed by atoms with E-state index >= 15 is 0 Å². The normalized spacial score (nSPS) is 21.5. The molecule has 1 amide bonds. The smallest absolute Gasteiger partial charge is 0.274 e. The van der Waals surface area contributed by atoms with E-state index in [1.807, 2.05) is 11.8 Å². The number of amides is 1. The average molecular weight is 328 g/mol. The quantitative estimate of drug-likeness (QED) is 0.801. The van der Waals surface area contributed by atoms with E-state index < -0.39 is 0 Å². The molecule has 0 N–H and O–H groups in total. The highest BCUT2D eigenvalue weighted by atomic mass is 32.1. The molecule has 2 heterocycles. The second-order valence-electron chi connectivity index (χ2n) is 6.64. The highest BCUT2D eigenvalue weighted by Gasteiger charge is 2.31. The van der Waals surface area contributed by atoms with Gasteiger partial charge in [-0.2, -0.15) is 0 Å². The van der Waals surface area contributed by atoms with Gasteiger partial charge in [-0.3, -0.25) is 4.79 Å². The summed E-state index contributed by atoms with van der Waals surface area (Å²) in [6.07, 6.45) is 2.28. The summed E-state index contributed by atoms with van der Waals surface area (Å²) < 4.78 is 0. The highest BCUT2D eigenvalue weighted by molar-refractivity contribution is 7.15. The van der Waals surface area contributed by atoms with E-state index in [9.17, 15) is 4.79 Å². The Morgan fingerprint density at radius 1 is 1.22 bits per heavy atom. The zero-order valence-electron chi connectivity index (χ0n) is 14.3. The van der Waals surface area contributed by atoms with Crippen molar-refractivity contribution < 1.29 is 4.79 Å². The van der Waals surface area contributed by atoms with Gasteiger partial charge in [0.05, 0.1) is 9.88 Å². The number of hydrogen-bond acceptors (Lipinski definition) is 3. The Bertz CT molecular complexity index is 705. The van der Waals surface area contributed by atoms with Crippen molar-refractivity contribution in [3.05, 3.63) is 40.5 Å². The average Bonchev–Trinajstić information content (AvgIpc) is 2.92. The topological polar surface area (TPSA) is 33.2 Å². The molecule has 2 atom stereocenters. The van der Waals surface area contributed by atoms with Crippen molar-refractivity contribution in [3.63, 3.8) is 0 Å². The molecule has 2 aromatic rings. The molecule has 1 fully saturated rings. The van der Waals surface area contributed by atoms with Gasteiger partial charge in [-0.1, -0.05) is 36.8 Å². The maximum atomic E-state index is 13.1. The number of nitrogens with zero attached hydrogens (tertiary/aromatic N) is 2. The van der Waals surface area contributed by atoms with Crippen molar-refractivity contribution in [1.82, 2.24) is 9.88 Å². The van der Waals surface area contributed by atoms with Gasteiger partial charge in [-0.25, -0.2) is 4.98 Å². The van der Waals surface area contributed by atoms with Crippen LogP contribution < -0.4 is 0 Å². The number of aryl methyl sites for hydroxylation is 2. The van der Waals surface area contributed by atoms with Crippen molar-refractivity contribution in [2.45, 2.75) is 46.6 Å². The number of carbonyl (C=O) groups excluding carboxylic acids is 1. The van der Waals surface area contributed by atoms with Crippen LogP contribution in [0.3, 0.4) is 0 Å². The zero-order valence-corrected chi connectivity index (χ0v) is 15.1. The highest BCUT2D eigenvalue weighted by Crippen LogP contribution is 2.33. The second kappa shape index (κ2) is 6.44. The summed E-state index contributed by atoms with van der Waals surface area (Å²) in [4.78, 5) is 20.7. The number of likely N-dealkylation sites (tertiary alicyclic amines) is 1. The van der Waals surface area contributed by atoms with Crippen LogP contribution in [-0.2, 0) is 0 Å². The van der Waals surface area contributed by atoms with Crippen LogP contribution in [0.1, 0.15) is 47.7 Å². The number of piperidine rings is 1. The van der Waals surface area contributed by atoms with E-state index in [2.05, 4.69) is 50.0 Å². The molecular weight excluding hydrogens is 304 g/mol. The fourth-order valence-electron chi connectivity index (χ4n) is 3.23. The Morgan fingerprint density at radius 2 is 1.91 bits per heavy atom. The van der Waals surface area contributed by atoms with E-state index in [4.69, 9.17) is 0 Å². The summed E-state index contributed by atoms with van der Waals surface area (Å²) in [5.41, 5.74) is 2.93. The minimum Gasteiger partial charge on any atom is -0.334 e. The molecular formula is C19H24N2OS. The van der Waals surface area contributed by atoms with Crippen molar-refractivity contribution in [2.24, 2.45) is 5.92 Å². The largest absolute Gasteiger partial charge is 0.334 e. The van der Waals surface area contributed by atoms with Gasteiger partial charge in [0.2, 0.25) is 0 Å². The van der Waals surface area contributed by atoms with E-state index in [1.54, 1.807) is 11.3 Å². The first-order valence-electron chi connectivity index (χ1n) is 8.33. The number of rotatable bonds is 2. The van der Waals surface area contributed by atoms with Crippen molar-refractivity contribution >= 4 is 17.2 Å². The minimum absolute atomic E-state index is 0.0870. The summed E-state index contributed by atoms with van der Waals surface area (Å²) in [6.45, 7) is 9.28. The monoisotopic (exact) mass is 328 g/mol. The molecule has 3 nitrogen and oxygen atoms in total. The van der Waals surface area contributed by atoms with Crippen molar-refractivity contribution in [3.8, 4) is 10.4 Å². The molecule has 2 unspecified atom stereocenters. The van der Waals surface area contributed by atoms with Gasteiger partial charge in [-0.15, -0.1) is 11.3 Å². The van der Waals surface area contributed by atoms with Crippen LogP contribution in [-0.4, -0.2) is 28.4 Å². The van der Waals surface area contributed by atoms with Gasteiger partial charge < -0.3 is 4.90 Å². The first-order chi connectivity index (χ1) is 11.0. The lowest BCUT2D eigenvalue weighted by Gasteiger charge is -2.37. The third-order valence-electron chi connectivity index (χ3n) is 4.88. The van der Waals surface area contributed by atoms with Crippen LogP contribution in [0.5, 0.6) is 0 Å². The molecule has 1 aromatic carbocycles. The molecule has 0 saturated carbocycles. The summed E-state index contributed by atoms with van der Waals surface area (Å²) >= 11 is 1.61. The predicted molar refractivity (Wildman–Crippen MR) is 95.9 cm³/mol. The van der Waals surface area contributed by atoms with Gasteiger partial charge in [0.25, 0.3) is 5.91 Å². The molecule has 122 valence electrons. The van der Waals surface area contributed by atoms with Gasteiger partial charge in [0.1, 0.15) is 5.69 Å². The Morgan fingerprint density at radius 3 is 2.61 bits per heavy atom. The fourth-order valence-corrected chi connectivity index (χ4v) is 4.15. The van der Waals surface area contributed by atoms with Crippen molar-refractivity contribution in [1.29, 1.82) is 0 Å². The molecule has 1 aromatic heterocycles. The Balaban J connectivity index is 1.96. The number of benzene rings is 1.